The van der Waals surface area contributed by atoms with Crippen LogP contribution in [0.3, 0.4) is 0 Å². The lowest BCUT2D eigenvalue weighted by Crippen LogP contribution is -1.95. The molecule has 0 spiro atoms. The van der Waals surface area contributed by atoms with E-state index in [4.69, 9.17) is 4.74 Å². The van der Waals surface area contributed by atoms with E-state index in [1.165, 1.54) is 11.1 Å². The number of phenolic OH excluding ortho intramolecular Hbond substituents is 1. The minimum Gasteiger partial charge on any atom is -0.508 e. The Hall–Kier alpha value is -1.70. The summed E-state index contributed by atoms with van der Waals surface area (Å²) in [5, 5.41) is 10.3. The predicted octanol–water partition coefficient (Wildman–Crippen LogP) is 5.59. The minimum atomic E-state index is 0.344. The number of benzene rings is 1. The Kier molecular flexibility index (Phi) is 7.79. The van der Waals surface area contributed by atoms with E-state index >= 15 is 0 Å². The van der Waals surface area contributed by atoms with Crippen molar-refractivity contribution < 1.29 is 9.84 Å². The highest BCUT2D eigenvalue weighted by atomic mass is 16.5. The smallest absolute Gasteiger partial charge is 0.126 e. The molecule has 0 bridgehead atoms. The molecule has 22 heavy (non-hydrogen) atoms. The molecule has 0 saturated carbocycles. The fourth-order valence-electron chi connectivity index (χ4n) is 2.47. The molecule has 0 saturated heterocycles. The van der Waals surface area contributed by atoms with Crippen molar-refractivity contribution in [1.82, 2.24) is 0 Å². The van der Waals surface area contributed by atoms with Crippen LogP contribution in [0.5, 0.6) is 11.5 Å². The normalized spacial score (nSPS) is 11.4. The maximum atomic E-state index is 10.3. The Balaban J connectivity index is 2.81. The van der Waals surface area contributed by atoms with Gasteiger partial charge < -0.3 is 9.84 Å². The van der Waals surface area contributed by atoms with Gasteiger partial charge in [-0.1, -0.05) is 36.6 Å². The summed E-state index contributed by atoms with van der Waals surface area (Å²) in [7, 11) is 1.67. The molecule has 0 amide bonds. The lowest BCUT2D eigenvalue weighted by Gasteiger charge is -2.12. The summed E-state index contributed by atoms with van der Waals surface area (Å²) in [6.45, 7) is 8.53. The van der Waals surface area contributed by atoms with E-state index in [1.807, 2.05) is 12.1 Å². The summed E-state index contributed by atoms with van der Waals surface area (Å²) in [6.07, 6.45) is 9.31. The second kappa shape index (κ2) is 9.34. The van der Waals surface area contributed by atoms with Gasteiger partial charge in [0.1, 0.15) is 11.5 Å². The largest absolute Gasteiger partial charge is 0.508 e. The van der Waals surface area contributed by atoms with Crippen molar-refractivity contribution in [2.45, 2.75) is 59.8 Å². The molecule has 0 aliphatic rings. The maximum Gasteiger partial charge on any atom is 0.126 e. The first-order chi connectivity index (χ1) is 10.5. The third kappa shape index (κ3) is 5.97. The third-order valence-corrected chi connectivity index (χ3v) is 3.75. The van der Waals surface area contributed by atoms with Crippen LogP contribution in [0.2, 0.25) is 0 Å². The molecule has 122 valence electrons. The van der Waals surface area contributed by atoms with Crippen molar-refractivity contribution in [3.8, 4) is 11.5 Å². The number of methoxy groups -OCH3 is 1. The average Bonchev–Trinajstić information content (AvgIpc) is 2.45. The highest BCUT2D eigenvalue weighted by Gasteiger charge is 2.10. The second-order valence-corrected chi connectivity index (χ2v) is 6.12. The zero-order valence-electron chi connectivity index (χ0n) is 14.7. The fraction of sp³-hybridized carbons (Fsp3) is 0.500. The number of hydrogen-bond acceptors (Lipinski definition) is 2. The van der Waals surface area contributed by atoms with Crippen LogP contribution in [0.4, 0.5) is 0 Å². The highest BCUT2D eigenvalue weighted by Crippen LogP contribution is 2.31. The number of ether oxygens (including phenoxy) is 1. The van der Waals surface area contributed by atoms with Crippen LogP contribution in [-0.4, -0.2) is 12.2 Å². The monoisotopic (exact) mass is 302 g/mol. The van der Waals surface area contributed by atoms with Gasteiger partial charge in [0, 0.05) is 5.56 Å². The summed E-state index contributed by atoms with van der Waals surface area (Å²) < 4.78 is 5.46. The molecule has 2 nitrogen and oxygen atoms in total. The summed E-state index contributed by atoms with van der Waals surface area (Å²) in [5.41, 5.74) is 4.71. The maximum absolute atomic E-state index is 10.3. The van der Waals surface area contributed by atoms with E-state index in [2.05, 4.69) is 39.8 Å². The first-order valence-corrected chi connectivity index (χ1v) is 8.15. The van der Waals surface area contributed by atoms with Crippen LogP contribution in [0.1, 0.15) is 58.1 Å². The Morgan fingerprint density at radius 1 is 1.18 bits per heavy atom. The zero-order chi connectivity index (χ0) is 16.5. The zero-order valence-corrected chi connectivity index (χ0v) is 14.7. The van der Waals surface area contributed by atoms with Crippen molar-refractivity contribution in [3.63, 3.8) is 0 Å². The van der Waals surface area contributed by atoms with Gasteiger partial charge in [0.15, 0.2) is 0 Å². The van der Waals surface area contributed by atoms with Gasteiger partial charge in [-0.05, 0) is 64.2 Å². The number of hydrogen-bond donors (Lipinski definition) is 1. The Bertz CT molecular complexity index is 535. The third-order valence-electron chi connectivity index (χ3n) is 3.75. The topological polar surface area (TPSA) is 29.5 Å². The molecule has 0 aromatic heterocycles. The number of phenols is 1. The van der Waals surface area contributed by atoms with Crippen molar-refractivity contribution >= 4 is 0 Å². The molecule has 0 aliphatic heterocycles. The van der Waals surface area contributed by atoms with Gasteiger partial charge >= 0.3 is 0 Å². The summed E-state index contributed by atoms with van der Waals surface area (Å²) in [5.74, 6) is 1.13. The Labute approximate surface area is 135 Å². The summed E-state index contributed by atoms with van der Waals surface area (Å²) in [4.78, 5) is 0. The molecular weight excluding hydrogens is 272 g/mol. The molecule has 2 heteroatoms. The Morgan fingerprint density at radius 2 is 1.91 bits per heavy atom. The van der Waals surface area contributed by atoms with Crippen LogP contribution in [-0.2, 0) is 12.8 Å². The van der Waals surface area contributed by atoms with Crippen molar-refractivity contribution in [2.75, 3.05) is 7.11 Å². The van der Waals surface area contributed by atoms with Gasteiger partial charge in [-0.3, -0.25) is 0 Å². The number of rotatable bonds is 8. The molecule has 0 unspecified atom stereocenters. The number of aryl methyl sites for hydroxylation is 1. The lowest BCUT2D eigenvalue weighted by molar-refractivity contribution is 0.400. The van der Waals surface area contributed by atoms with E-state index in [1.54, 1.807) is 7.11 Å². The van der Waals surface area contributed by atoms with Gasteiger partial charge in [0.2, 0.25) is 0 Å². The van der Waals surface area contributed by atoms with Crippen LogP contribution < -0.4 is 4.74 Å². The molecule has 1 aromatic rings. The summed E-state index contributed by atoms with van der Waals surface area (Å²) >= 11 is 0. The molecule has 1 N–H and O–H groups in total. The van der Waals surface area contributed by atoms with Crippen molar-refractivity contribution in [1.29, 1.82) is 0 Å². The van der Waals surface area contributed by atoms with E-state index in [0.29, 0.717) is 12.2 Å². The molecule has 1 aromatic carbocycles. The van der Waals surface area contributed by atoms with Crippen LogP contribution in [0, 0.1) is 0 Å². The molecule has 1 rings (SSSR count). The highest BCUT2D eigenvalue weighted by molar-refractivity contribution is 5.48. The summed E-state index contributed by atoms with van der Waals surface area (Å²) in [6, 6.07) is 3.92. The first-order valence-electron chi connectivity index (χ1n) is 8.15. The average molecular weight is 302 g/mol. The van der Waals surface area contributed by atoms with Gasteiger partial charge in [-0.25, -0.2) is 0 Å². The second-order valence-electron chi connectivity index (χ2n) is 6.12. The predicted molar refractivity (Wildman–Crippen MR) is 94.8 cm³/mol. The molecule has 0 radical (unpaired) electrons. The van der Waals surface area contributed by atoms with Gasteiger partial charge in [-0.15, -0.1) is 0 Å². The van der Waals surface area contributed by atoms with E-state index in [-0.39, 0.29) is 0 Å². The molecule has 0 atom stereocenters. The van der Waals surface area contributed by atoms with Gasteiger partial charge in [0.25, 0.3) is 0 Å². The number of allylic oxidation sites excluding steroid dienone is 4. The van der Waals surface area contributed by atoms with Crippen LogP contribution >= 0.6 is 0 Å². The molecule has 0 aliphatic carbocycles. The van der Waals surface area contributed by atoms with Gasteiger partial charge in [0.05, 0.1) is 7.11 Å². The standard InChI is InChI=1S/C20H30O2/c1-6-8-17-13-19(21)18(20(14-17)22-5)12-11-16(4)10-7-9-15(2)3/h9,11,13-14,21H,6-8,10,12H2,1-5H3/b16-11+. The molecule has 0 heterocycles. The lowest BCUT2D eigenvalue weighted by atomic mass is 10.0. The number of aromatic hydroxyl groups is 1. The van der Waals surface area contributed by atoms with E-state index < -0.39 is 0 Å². The van der Waals surface area contributed by atoms with Crippen molar-refractivity contribution in [2.24, 2.45) is 0 Å². The SMILES string of the molecule is CCCc1cc(O)c(C/C=C(\C)CCC=C(C)C)c(OC)c1. The van der Waals surface area contributed by atoms with Crippen LogP contribution in [0.15, 0.2) is 35.4 Å². The minimum absolute atomic E-state index is 0.344. The molecule has 0 fully saturated rings. The quantitative estimate of drug-likeness (QED) is 0.634. The van der Waals surface area contributed by atoms with Crippen LogP contribution in [0.25, 0.3) is 0 Å². The molecular formula is C20H30O2. The van der Waals surface area contributed by atoms with Gasteiger partial charge in [-0.2, -0.15) is 0 Å². The fourth-order valence-corrected chi connectivity index (χ4v) is 2.47. The van der Waals surface area contributed by atoms with Crippen molar-refractivity contribution in [3.05, 3.63) is 46.6 Å². The van der Waals surface area contributed by atoms with E-state index in [9.17, 15) is 5.11 Å². The Morgan fingerprint density at radius 3 is 2.50 bits per heavy atom. The van der Waals surface area contributed by atoms with E-state index in [0.717, 1.165) is 42.6 Å². The first kappa shape index (κ1) is 18.3.